The van der Waals surface area contributed by atoms with Crippen molar-refractivity contribution in [1.82, 2.24) is 4.90 Å². The minimum atomic E-state index is -0.819. The van der Waals surface area contributed by atoms with Crippen molar-refractivity contribution in [3.8, 4) is 11.5 Å². The van der Waals surface area contributed by atoms with Gasteiger partial charge in [-0.15, -0.1) is 0 Å². The third-order valence-corrected chi connectivity index (χ3v) is 9.70. The number of anilines is 1. The molecule has 0 unspecified atom stereocenters. The first kappa shape index (κ1) is 37.6. The first-order valence-electron chi connectivity index (χ1n) is 17.7. The third kappa shape index (κ3) is 9.35. The fraction of sp³-hybridized carbons (Fsp3) is 0.525. The molecule has 2 aliphatic rings. The van der Waals surface area contributed by atoms with Crippen LogP contribution in [-0.4, -0.2) is 94.4 Å². The van der Waals surface area contributed by atoms with Gasteiger partial charge in [-0.05, 0) is 54.3 Å². The highest BCUT2D eigenvalue weighted by atomic mass is 16.5. The zero-order chi connectivity index (χ0) is 35.7. The average Bonchev–Trinajstić information content (AvgIpc) is 3.37. The van der Waals surface area contributed by atoms with E-state index in [1.165, 1.54) is 11.3 Å². The van der Waals surface area contributed by atoms with Crippen LogP contribution in [0.4, 0.5) is 5.69 Å². The molecule has 3 aromatic rings. The summed E-state index contributed by atoms with van der Waals surface area (Å²) in [6.45, 7) is 11.3. The summed E-state index contributed by atoms with van der Waals surface area (Å²) in [5.74, 6) is 1.04. The molecule has 3 N–H and O–H groups in total. The molecular weight excluding hydrogens is 634 g/mol. The Morgan fingerprint density at radius 3 is 2.50 bits per heavy atom. The molecule has 0 radical (unpaired) electrons. The average molecular weight is 690 g/mol. The fourth-order valence-corrected chi connectivity index (χ4v) is 7.15. The van der Waals surface area contributed by atoms with Gasteiger partial charge in [-0.1, -0.05) is 56.3 Å². The number of rotatable bonds is 17. The fourth-order valence-electron chi connectivity index (χ4n) is 7.15. The number of ether oxygens (including phenoxy) is 5. The highest BCUT2D eigenvalue weighted by molar-refractivity contribution is 5.81. The van der Waals surface area contributed by atoms with E-state index >= 15 is 0 Å². The van der Waals surface area contributed by atoms with Crippen LogP contribution < -0.4 is 20.1 Å². The number of benzene rings is 3. The lowest BCUT2D eigenvalue weighted by atomic mass is 9.84. The number of β-amino-alcohol motifs (C(OH)–C–C–N with tert-alkyl or cyclic N) is 1. The maximum atomic E-state index is 12.9. The number of likely N-dealkylation sites (tertiary alicyclic amines) is 1. The number of hydrogen-bond acceptors (Lipinski definition) is 9. The Morgan fingerprint density at radius 1 is 0.980 bits per heavy atom. The molecule has 5 rings (SSSR count). The Labute approximate surface area is 297 Å². The number of nitrogens with two attached hydrogens (primary N) is 1. The number of carbonyl (C=O) groups is 1. The van der Waals surface area contributed by atoms with E-state index in [0.717, 1.165) is 60.7 Å². The summed E-state index contributed by atoms with van der Waals surface area (Å²) >= 11 is 0. The Kier molecular flexibility index (Phi) is 13.2. The summed E-state index contributed by atoms with van der Waals surface area (Å²) in [4.78, 5) is 17.0. The van der Waals surface area contributed by atoms with E-state index < -0.39 is 18.2 Å². The molecular formula is C40H55N3O7. The lowest BCUT2D eigenvalue weighted by Crippen LogP contribution is -2.56. The number of piperidine rings is 1. The van der Waals surface area contributed by atoms with E-state index in [0.29, 0.717) is 33.0 Å². The first-order valence-corrected chi connectivity index (χ1v) is 17.7. The molecule has 1 saturated heterocycles. The first-order chi connectivity index (χ1) is 24.1. The van der Waals surface area contributed by atoms with Crippen LogP contribution in [-0.2, 0) is 37.6 Å². The van der Waals surface area contributed by atoms with Crippen LogP contribution in [0.25, 0.3) is 0 Å². The summed E-state index contributed by atoms with van der Waals surface area (Å²) in [5, 5.41) is 11.4. The largest absolute Gasteiger partial charge is 0.496 e. The van der Waals surface area contributed by atoms with Crippen LogP contribution in [0.15, 0.2) is 66.7 Å². The van der Waals surface area contributed by atoms with Crippen LogP contribution in [0, 0.1) is 0 Å². The minimum absolute atomic E-state index is 0.0564. The van der Waals surface area contributed by atoms with Gasteiger partial charge in [-0.3, -0.25) is 4.79 Å². The van der Waals surface area contributed by atoms with Gasteiger partial charge >= 0.3 is 0 Å². The summed E-state index contributed by atoms with van der Waals surface area (Å²) in [5.41, 5.74) is 11.6. The van der Waals surface area contributed by atoms with Crippen molar-refractivity contribution in [2.45, 2.75) is 76.4 Å². The van der Waals surface area contributed by atoms with Gasteiger partial charge in [-0.2, -0.15) is 0 Å². The van der Waals surface area contributed by atoms with Crippen molar-refractivity contribution in [3.63, 3.8) is 0 Å². The predicted octanol–water partition coefficient (Wildman–Crippen LogP) is 5.03. The van der Waals surface area contributed by atoms with E-state index in [4.69, 9.17) is 29.4 Å². The molecule has 1 amide bonds. The lowest BCUT2D eigenvalue weighted by molar-refractivity contribution is -0.143. The van der Waals surface area contributed by atoms with Gasteiger partial charge in [0.2, 0.25) is 5.91 Å². The Bertz CT molecular complexity index is 1530. The van der Waals surface area contributed by atoms with Crippen molar-refractivity contribution >= 4 is 11.6 Å². The lowest BCUT2D eigenvalue weighted by Gasteiger charge is -2.42. The number of amides is 1. The van der Waals surface area contributed by atoms with E-state index in [1.807, 2.05) is 48.5 Å². The van der Waals surface area contributed by atoms with Crippen LogP contribution in [0.1, 0.15) is 61.8 Å². The SMILES string of the molecule is COCCCN1CC(C)(C)c2ccc(CO[C@H]3CN(C(=O)[C@H](C)N)C[C@@H](O)[C@@H]3c3ccc(OCCCOCc4ccccc4OC)cc3)cc21. The van der Waals surface area contributed by atoms with Gasteiger partial charge in [0.15, 0.2) is 0 Å². The summed E-state index contributed by atoms with van der Waals surface area (Å²) < 4.78 is 29.1. The number of aliphatic hydroxyl groups excluding tert-OH is 1. The van der Waals surface area contributed by atoms with Gasteiger partial charge in [-0.25, -0.2) is 0 Å². The monoisotopic (exact) mass is 689 g/mol. The molecule has 3 aromatic carbocycles. The number of hydrogen-bond donors (Lipinski definition) is 2. The highest BCUT2D eigenvalue weighted by Crippen LogP contribution is 2.41. The topological polar surface area (TPSA) is 116 Å². The molecule has 0 aromatic heterocycles. The second-order valence-electron chi connectivity index (χ2n) is 14.1. The van der Waals surface area contributed by atoms with Gasteiger partial charge in [0.25, 0.3) is 0 Å². The van der Waals surface area contributed by atoms with Crippen LogP contribution in [0.3, 0.4) is 0 Å². The van der Waals surface area contributed by atoms with Gasteiger partial charge in [0.05, 0.1) is 51.8 Å². The van der Waals surface area contributed by atoms with Crippen LogP contribution in [0.2, 0.25) is 0 Å². The zero-order valence-corrected chi connectivity index (χ0v) is 30.3. The van der Waals surface area contributed by atoms with Crippen molar-refractivity contribution in [1.29, 1.82) is 0 Å². The maximum absolute atomic E-state index is 12.9. The quantitative estimate of drug-likeness (QED) is 0.188. The Balaban J connectivity index is 1.21. The Morgan fingerprint density at radius 2 is 1.76 bits per heavy atom. The highest BCUT2D eigenvalue weighted by Gasteiger charge is 2.40. The number of fused-ring (bicyclic) bond motifs is 1. The number of carbonyl (C=O) groups excluding carboxylic acids is 1. The second-order valence-corrected chi connectivity index (χ2v) is 14.1. The van der Waals surface area contributed by atoms with Crippen molar-refractivity contribution in [2.75, 3.05) is 65.1 Å². The zero-order valence-electron chi connectivity index (χ0n) is 30.3. The number of methoxy groups -OCH3 is 2. The van der Waals surface area contributed by atoms with E-state index in [2.05, 4.69) is 36.9 Å². The molecule has 0 spiro atoms. The maximum Gasteiger partial charge on any atom is 0.239 e. The van der Waals surface area contributed by atoms with Crippen LogP contribution in [0.5, 0.6) is 11.5 Å². The van der Waals surface area contributed by atoms with Crippen molar-refractivity contribution in [3.05, 3.63) is 89.0 Å². The summed E-state index contributed by atoms with van der Waals surface area (Å²) in [6, 6.07) is 21.6. The second kappa shape index (κ2) is 17.5. The van der Waals surface area contributed by atoms with Gasteiger partial charge < -0.3 is 44.3 Å². The molecule has 1 fully saturated rings. The van der Waals surface area contributed by atoms with Gasteiger partial charge in [0.1, 0.15) is 11.5 Å². The molecule has 0 saturated carbocycles. The summed E-state index contributed by atoms with van der Waals surface area (Å²) in [7, 11) is 3.40. The molecule has 0 bridgehead atoms. The molecule has 4 atom stereocenters. The summed E-state index contributed by atoms with van der Waals surface area (Å²) in [6.07, 6.45) is 0.445. The molecule has 50 heavy (non-hydrogen) atoms. The van der Waals surface area contributed by atoms with E-state index in [9.17, 15) is 9.90 Å². The smallest absolute Gasteiger partial charge is 0.239 e. The molecule has 0 aliphatic carbocycles. The Hall–Kier alpha value is -3.67. The normalized spacial score (nSPS) is 20.4. The van der Waals surface area contributed by atoms with Crippen molar-refractivity contribution in [2.24, 2.45) is 5.73 Å². The van der Waals surface area contributed by atoms with Gasteiger partial charge in [0, 0.05) is 68.9 Å². The van der Waals surface area contributed by atoms with E-state index in [-0.39, 0.29) is 23.8 Å². The van der Waals surface area contributed by atoms with Crippen molar-refractivity contribution < 1.29 is 33.6 Å². The predicted molar refractivity (Wildman–Crippen MR) is 195 cm³/mol. The number of nitrogens with zero attached hydrogens (tertiary/aromatic N) is 2. The van der Waals surface area contributed by atoms with E-state index in [1.54, 1.807) is 26.0 Å². The molecule has 10 nitrogen and oxygen atoms in total. The molecule has 272 valence electrons. The molecule has 10 heteroatoms. The molecule has 2 heterocycles. The minimum Gasteiger partial charge on any atom is -0.496 e. The molecule has 2 aliphatic heterocycles. The third-order valence-electron chi connectivity index (χ3n) is 9.70. The standard InChI is InChI=1S/C40H55N3O7/c1-28(41)39(45)43-23-35(44)38(30-13-15-32(16-14-30)49-21-9-20-48-26-31-10-6-7-11-36(31)47-5)37(24-43)50-25-29-12-17-33-34(22-29)42(18-8-19-46-4)27-40(33,2)3/h6-7,10-17,22,28,35,37-38,44H,8-9,18-21,23-27,41H2,1-5H3/t28-,35+,37-,38-/m0/s1. The number of para-hydroxylation sites is 1. The number of aliphatic hydroxyl groups is 1. The van der Waals surface area contributed by atoms with Crippen LogP contribution >= 0.6 is 0 Å².